The van der Waals surface area contributed by atoms with Gasteiger partial charge in [0.1, 0.15) is 4.60 Å². The smallest absolute Gasteiger partial charge is 0.340 e. The van der Waals surface area contributed by atoms with Gasteiger partial charge in [0.2, 0.25) is 5.91 Å². The van der Waals surface area contributed by atoms with Crippen LogP contribution in [0.2, 0.25) is 0 Å². The molecule has 0 bridgehead atoms. The van der Waals surface area contributed by atoms with E-state index in [0.29, 0.717) is 10.3 Å². The van der Waals surface area contributed by atoms with Crippen molar-refractivity contribution < 1.29 is 14.3 Å². The SMILES string of the molecule is COC(=O)c1cc(NC(C)=O)cnc1Br. The van der Waals surface area contributed by atoms with Crippen molar-refractivity contribution in [2.75, 3.05) is 12.4 Å². The Balaban J connectivity index is 3.05. The molecule has 0 aromatic carbocycles. The number of hydrogen-bond donors (Lipinski definition) is 1. The lowest BCUT2D eigenvalue weighted by Gasteiger charge is -2.05. The van der Waals surface area contributed by atoms with Crippen LogP contribution in [-0.2, 0) is 9.53 Å². The Morgan fingerprint density at radius 3 is 2.73 bits per heavy atom. The molecule has 15 heavy (non-hydrogen) atoms. The molecule has 5 nitrogen and oxygen atoms in total. The summed E-state index contributed by atoms with van der Waals surface area (Å²) in [6.07, 6.45) is 1.44. The number of amides is 1. The van der Waals surface area contributed by atoms with Crippen LogP contribution in [0.5, 0.6) is 0 Å². The maximum Gasteiger partial charge on any atom is 0.340 e. The fourth-order valence-electron chi connectivity index (χ4n) is 0.973. The van der Waals surface area contributed by atoms with Gasteiger partial charge in [-0.3, -0.25) is 4.79 Å². The minimum Gasteiger partial charge on any atom is -0.465 e. The topological polar surface area (TPSA) is 68.3 Å². The van der Waals surface area contributed by atoms with Gasteiger partial charge in [0.15, 0.2) is 0 Å². The van der Waals surface area contributed by atoms with Crippen LogP contribution in [0.1, 0.15) is 17.3 Å². The number of rotatable bonds is 2. The standard InChI is InChI=1S/C9H9BrN2O3/c1-5(13)12-6-3-7(9(14)15-2)8(10)11-4-6/h3-4H,1-2H3,(H,12,13). The molecule has 1 aromatic heterocycles. The molecule has 1 amide bonds. The van der Waals surface area contributed by atoms with Crippen molar-refractivity contribution in [1.82, 2.24) is 4.98 Å². The van der Waals surface area contributed by atoms with E-state index in [0.717, 1.165) is 0 Å². The van der Waals surface area contributed by atoms with E-state index in [4.69, 9.17) is 0 Å². The second-order valence-electron chi connectivity index (χ2n) is 2.74. The third kappa shape index (κ3) is 3.02. The normalized spacial score (nSPS) is 9.53. The van der Waals surface area contributed by atoms with E-state index in [9.17, 15) is 9.59 Å². The van der Waals surface area contributed by atoms with Crippen LogP contribution in [-0.4, -0.2) is 24.0 Å². The van der Waals surface area contributed by atoms with Gasteiger partial charge in [-0.1, -0.05) is 0 Å². The van der Waals surface area contributed by atoms with Crippen molar-refractivity contribution in [3.8, 4) is 0 Å². The molecule has 1 N–H and O–H groups in total. The zero-order valence-electron chi connectivity index (χ0n) is 8.20. The number of aromatic nitrogens is 1. The van der Waals surface area contributed by atoms with Crippen LogP contribution in [0.4, 0.5) is 5.69 Å². The molecule has 0 aliphatic heterocycles. The molecule has 6 heteroatoms. The van der Waals surface area contributed by atoms with Crippen molar-refractivity contribution in [1.29, 1.82) is 0 Å². The predicted octanol–water partition coefficient (Wildman–Crippen LogP) is 1.59. The third-order valence-electron chi connectivity index (χ3n) is 1.56. The van der Waals surface area contributed by atoms with Gasteiger partial charge in [0.25, 0.3) is 0 Å². The Labute approximate surface area is 95.0 Å². The summed E-state index contributed by atoms with van der Waals surface area (Å²) in [4.78, 5) is 26.0. The Morgan fingerprint density at radius 2 is 2.20 bits per heavy atom. The molecular weight excluding hydrogens is 264 g/mol. The molecular formula is C9H9BrN2O3. The number of methoxy groups -OCH3 is 1. The van der Waals surface area contributed by atoms with Crippen molar-refractivity contribution in [2.45, 2.75) is 6.92 Å². The number of carbonyl (C=O) groups is 2. The maximum absolute atomic E-state index is 11.3. The number of esters is 1. The summed E-state index contributed by atoms with van der Waals surface area (Å²) < 4.78 is 4.93. The van der Waals surface area contributed by atoms with Crippen LogP contribution in [0.3, 0.4) is 0 Å². The second kappa shape index (κ2) is 4.88. The van der Waals surface area contributed by atoms with E-state index >= 15 is 0 Å². The first-order valence-corrected chi connectivity index (χ1v) is 4.85. The van der Waals surface area contributed by atoms with Gasteiger partial charge in [-0.2, -0.15) is 0 Å². The second-order valence-corrected chi connectivity index (χ2v) is 3.49. The molecule has 1 heterocycles. The first-order valence-electron chi connectivity index (χ1n) is 4.06. The first-order chi connectivity index (χ1) is 7.04. The zero-order valence-corrected chi connectivity index (χ0v) is 9.79. The summed E-state index contributed by atoms with van der Waals surface area (Å²) in [5.74, 6) is -0.739. The highest BCUT2D eigenvalue weighted by atomic mass is 79.9. The van der Waals surface area contributed by atoms with E-state index in [1.807, 2.05) is 0 Å². The van der Waals surface area contributed by atoms with Gasteiger partial charge in [-0.25, -0.2) is 9.78 Å². The summed E-state index contributed by atoms with van der Waals surface area (Å²) in [5.41, 5.74) is 0.717. The van der Waals surface area contributed by atoms with E-state index in [-0.39, 0.29) is 11.5 Å². The van der Waals surface area contributed by atoms with Gasteiger partial charge in [0, 0.05) is 6.92 Å². The average molecular weight is 273 g/mol. The summed E-state index contributed by atoms with van der Waals surface area (Å²) in [7, 11) is 1.28. The Bertz CT molecular complexity index is 406. The summed E-state index contributed by atoms with van der Waals surface area (Å²) >= 11 is 3.11. The van der Waals surface area contributed by atoms with Crippen LogP contribution >= 0.6 is 15.9 Å². The number of hydrogen-bond acceptors (Lipinski definition) is 4. The highest BCUT2D eigenvalue weighted by Gasteiger charge is 2.12. The highest BCUT2D eigenvalue weighted by molar-refractivity contribution is 9.10. The van der Waals surface area contributed by atoms with E-state index in [2.05, 4.69) is 31.0 Å². The minimum absolute atomic E-state index is 0.227. The largest absolute Gasteiger partial charge is 0.465 e. The molecule has 0 radical (unpaired) electrons. The van der Waals surface area contributed by atoms with Gasteiger partial charge in [0.05, 0.1) is 24.6 Å². The van der Waals surface area contributed by atoms with Crippen LogP contribution in [0.25, 0.3) is 0 Å². The van der Waals surface area contributed by atoms with Crippen LogP contribution in [0, 0.1) is 0 Å². The molecule has 1 aromatic rings. The summed E-state index contributed by atoms with van der Waals surface area (Å²) in [5, 5.41) is 2.52. The lowest BCUT2D eigenvalue weighted by atomic mass is 10.2. The summed E-state index contributed by atoms with van der Waals surface area (Å²) in [6, 6.07) is 1.49. The van der Waals surface area contributed by atoms with Crippen molar-refractivity contribution in [2.24, 2.45) is 0 Å². The van der Waals surface area contributed by atoms with Crippen LogP contribution in [0.15, 0.2) is 16.9 Å². The Hall–Kier alpha value is -1.43. The molecule has 1 rings (SSSR count). The number of nitrogens with one attached hydrogen (secondary N) is 1. The minimum atomic E-state index is -0.512. The van der Waals surface area contributed by atoms with Gasteiger partial charge in [-0.05, 0) is 22.0 Å². The monoisotopic (exact) mass is 272 g/mol. The number of nitrogens with zero attached hydrogens (tertiary/aromatic N) is 1. The molecule has 0 unspecified atom stereocenters. The van der Waals surface area contributed by atoms with E-state index in [1.54, 1.807) is 0 Å². The lowest BCUT2D eigenvalue weighted by molar-refractivity contribution is -0.114. The average Bonchev–Trinajstić information content (AvgIpc) is 2.19. The number of pyridine rings is 1. The molecule has 0 saturated heterocycles. The van der Waals surface area contributed by atoms with E-state index < -0.39 is 5.97 Å². The summed E-state index contributed by atoms with van der Waals surface area (Å²) in [6.45, 7) is 1.37. The molecule has 0 aliphatic rings. The third-order valence-corrected chi connectivity index (χ3v) is 2.20. The zero-order chi connectivity index (χ0) is 11.4. The molecule has 0 aliphatic carbocycles. The number of carbonyl (C=O) groups excluding carboxylic acids is 2. The van der Waals surface area contributed by atoms with E-state index in [1.165, 1.54) is 26.3 Å². The lowest BCUT2D eigenvalue weighted by Crippen LogP contribution is -2.09. The maximum atomic E-state index is 11.3. The number of anilines is 1. The number of ether oxygens (including phenoxy) is 1. The Morgan fingerprint density at radius 1 is 1.53 bits per heavy atom. The molecule has 0 saturated carbocycles. The molecule has 0 spiro atoms. The van der Waals surface area contributed by atoms with Crippen molar-refractivity contribution in [3.63, 3.8) is 0 Å². The fourth-order valence-corrected chi connectivity index (χ4v) is 1.35. The fraction of sp³-hybridized carbons (Fsp3) is 0.222. The molecule has 0 atom stereocenters. The highest BCUT2D eigenvalue weighted by Crippen LogP contribution is 2.18. The van der Waals surface area contributed by atoms with Crippen LogP contribution < -0.4 is 5.32 Å². The van der Waals surface area contributed by atoms with Crippen molar-refractivity contribution >= 4 is 33.5 Å². The van der Waals surface area contributed by atoms with Gasteiger partial charge in [-0.15, -0.1) is 0 Å². The predicted molar refractivity (Wildman–Crippen MR) is 57.6 cm³/mol. The quantitative estimate of drug-likeness (QED) is 0.656. The molecule has 80 valence electrons. The van der Waals surface area contributed by atoms with Gasteiger partial charge < -0.3 is 10.1 Å². The molecule has 0 fully saturated rings. The number of halogens is 1. The first kappa shape index (κ1) is 11.6. The van der Waals surface area contributed by atoms with Crippen molar-refractivity contribution in [3.05, 3.63) is 22.4 Å². The van der Waals surface area contributed by atoms with Gasteiger partial charge >= 0.3 is 5.97 Å². The Kier molecular flexibility index (Phi) is 3.79.